The van der Waals surface area contributed by atoms with Crippen LogP contribution >= 0.6 is 0 Å². The molecule has 96 valence electrons. The van der Waals surface area contributed by atoms with E-state index in [0.29, 0.717) is 0 Å². The van der Waals surface area contributed by atoms with E-state index in [2.05, 4.69) is 39.7 Å². The maximum absolute atomic E-state index is 4.23. The van der Waals surface area contributed by atoms with Crippen LogP contribution in [0.4, 0.5) is 0 Å². The fourth-order valence-corrected chi connectivity index (χ4v) is 2.04. The Balaban J connectivity index is 2.17. The van der Waals surface area contributed by atoms with Gasteiger partial charge in [-0.15, -0.1) is 5.10 Å². The molecule has 2 heterocycles. The average Bonchev–Trinajstić information content (AvgIpc) is 2.74. The van der Waals surface area contributed by atoms with Crippen molar-refractivity contribution in [3.8, 4) is 0 Å². The van der Waals surface area contributed by atoms with Crippen LogP contribution in [0.25, 0.3) is 0 Å². The number of aromatic nitrogens is 4. The Morgan fingerprint density at radius 3 is 2.89 bits per heavy atom. The van der Waals surface area contributed by atoms with Crippen molar-refractivity contribution in [3.63, 3.8) is 0 Å². The third kappa shape index (κ3) is 3.13. The van der Waals surface area contributed by atoms with Crippen LogP contribution in [-0.2, 0) is 13.5 Å². The van der Waals surface area contributed by atoms with Crippen LogP contribution in [0.2, 0.25) is 0 Å². The van der Waals surface area contributed by atoms with Crippen LogP contribution in [0.1, 0.15) is 29.9 Å². The van der Waals surface area contributed by atoms with Crippen molar-refractivity contribution in [2.75, 3.05) is 6.54 Å². The third-order valence-corrected chi connectivity index (χ3v) is 2.84. The first-order valence-corrected chi connectivity index (χ1v) is 6.20. The summed E-state index contributed by atoms with van der Waals surface area (Å²) in [6.07, 6.45) is 4.65. The summed E-state index contributed by atoms with van der Waals surface area (Å²) in [6.45, 7) is 5.04. The monoisotopic (exact) mass is 245 g/mol. The molecular weight excluding hydrogens is 226 g/mol. The van der Waals surface area contributed by atoms with Gasteiger partial charge in [-0.3, -0.25) is 9.67 Å². The highest BCUT2D eigenvalue weighted by atomic mass is 15.4. The molecule has 2 aromatic rings. The number of hydrogen-bond donors (Lipinski definition) is 1. The van der Waals surface area contributed by atoms with Crippen LogP contribution in [0.15, 0.2) is 24.5 Å². The molecule has 5 heteroatoms. The zero-order chi connectivity index (χ0) is 13.0. The molecule has 0 spiro atoms. The van der Waals surface area contributed by atoms with Crippen LogP contribution in [0.5, 0.6) is 0 Å². The molecule has 0 aliphatic rings. The van der Waals surface area contributed by atoms with Crippen molar-refractivity contribution in [1.82, 2.24) is 25.3 Å². The molecule has 0 aliphatic carbocycles. The molecule has 5 nitrogen and oxygen atoms in total. The van der Waals surface area contributed by atoms with Gasteiger partial charge in [0.2, 0.25) is 0 Å². The Kier molecular flexibility index (Phi) is 4.04. The Morgan fingerprint density at radius 1 is 1.44 bits per heavy atom. The molecule has 0 bridgehead atoms. The van der Waals surface area contributed by atoms with Gasteiger partial charge in [-0.2, -0.15) is 0 Å². The molecule has 0 aliphatic heterocycles. The van der Waals surface area contributed by atoms with Gasteiger partial charge in [-0.25, -0.2) is 0 Å². The van der Waals surface area contributed by atoms with E-state index in [1.54, 1.807) is 4.68 Å². The second-order valence-electron chi connectivity index (χ2n) is 4.43. The van der Waals surface area contributed by atoms with Gasteiger partial charge in [-0.05, 0) is 31.2 Å². The number of hydrogen-bond acceptors (Lipinski definition) is 4. The highest BCUT2D eigenvalue weighted by molar-refractivity contribution is 5.21. The van der Waals surface area contributed by atoms with Gasteiger partial charge in [0.05, 0.1) is 5.69 Å². The lowest BCUT2D eigenvalue weighted by Crippen LogP contribution is -2.23. The van der Waals surface area contributed by atoms with E-state index in [0.717, 1.165) is 24.4 Å². The Hall–Kier alpha value is -1.75. The van der Waals surface area contributed by atoms with Crippen LogP contribution in [-0.4, -0.2) is 26.5 Å². The fraction of sp³-hybridized carbons (Fsp3) is 0.462. The summed E-state index contributed by atoms with van der Waals surface area (Å²) in [7, 11) is 1.88. The van der Waals surface area contributed by atoms with Crippen molar-refractivity contribution >= 4 is 0 Å². The van der Waals surface area contributed by atoms with Gasteiger partial charge < -0.3 is 5.32 Å². The molecule has 1 N–H and O–H groups in total. The lowest BCUT2D eigenvalue weighted by molar-refractivity contribution is 0.542. The van der Waals surface area contributed by atoms with Crippen molar-refractivity contribution in [3.05, 3.63) is 41.5 Å². The van der Waals surface area contributed by atoms with E-state index in [1.165, 1.54) is 5.56 Å². The summed E-state index contributed by atoms with van der Waals surface area (Å²) in [6, 6.07) is 4.42. The molecule has 0 saturated heterocycles. The lowest BCUT2D eigenvalue weighted by Gasteiger charge is -2.17. The summed E-state index contributed by atoms with van der Waals surface area (Å²) in [5, 5.41) is 11.6. The molecule has 1 unspecified atom stereocenters. The molecule has 2 aromatic heterocycles. The lowest BCUT2D eigenvalue weighted by atomic mass is 10.0. The summed E-state index contributed by atoms with van der Waals surface area (Å²) in [5.41, 5.74) is 3.28. The Bertz CT molecular complexity index is 506. The van der Waals surface area contributed by atoms with Gasteiger partial charge in [0.25, 0.3) is 0 Å². The van der Waals surface area contributed by atoms with Crippen molar-refractivity contribution in [2.24, 2.45) is 7.05 Å². The molecule has 0 aromatic carbocycles. The van der Waals surface area contributed by atoms with Crippen molar-refractivity contribution in [1.29, 1.82) is 0 Å². The van der Waals surface area contributed by atoms with Gasteiger partial charge >= 0.3 is 0 Å². The Morgan fingerprint density at radius 2 is 2.28 bits per heavy atom. The standard InChI is InChI=1S/C13H19N5/c1-4-14-13(8-12-9-18(3)17-16-12)11-5-6-15-10(2)7-11/h5-7,9,13-14H,4,8H2,1-3H3. The molecule has 0 saturated carbocycles. The predicted octanol–water partition coefficient (Wildman–Crippen LogP) is 1.41. The zero-order valence-corrected chi connectivity index (χ0v) is 11.1. The van der Waals surface area contributed by atoms with Crippen LogP contribution in [0.3, 0.4) is 0 Å². The average molecular weight is 245 g/mol. The summed E-state index contributed by atoms with van der Waals surface area (Å²) in [4.78, 5) is 4.23. The molecule has 18 heavy (non-hydrogen) atoms. The number of pyridine rings is 1. The first kappa shape index (κ1) is 12.7. The zero-order valence-electron chi connectivity index (χ0n) is 11.1. The molecule has 0 radical (unpaired) electrons. The van der Waals surface area contributed by atoms with Crippen LogP contribution < -0.4 is 5.32 Å². The van der Waals surface area contributed by atoms with E-state index in [4.69, 9.17) is 0 Å². The number of aryl methyl sites for hydroxylation is 2. The third-order valence-electron chi connectivity index (χ3n) is 2.84. The van der Waals surface area contributed by atoms with E-state index in [1.807, 2.05) is 26.4 Å². The van der Waals surface area contributed by atoms with Gasteiger partial charge in [0, 0.05) is 37.6 Å². The predicted molar refractivity (Wildman–Crippen MR) is 70.1 cm³/mol. The first-order chi connectivity index (χ1) is 8.69. The van der Waals surface area contributed by atoms with Crippen molar-refractivity contribution < 1.29 is 0 Å². The number of likely N-dealkylation sites (N-methyl/N-ethyl adjacent to an activating group) is 1. The van der Waals surface area contributed by atoms with Gasteiger partial charge in [-0.1, -0.05) is 12.1 Å². The normalized spacial score (nSPS) is 12.6. The first-order valence-electron chi connectivity index (χ1n) is 6.20. The number of rotatable bonds is 5. The molecule has 2 rings (SSSR count). The number of nitrogens with one attached hydrogen (secondary N) is 1. The topological polar surface area (TPSA) is 55.6 Å². The molecular formula is C13H19N5. The van der Waals surface area contributed by atoms with Crippen molar-refractivity contribution in [2.45, 2.75) is 26.3 Å². The van der Waals surface area contributed by atoms with E-state index < -0.39 is 0 Å². The maximum Gasteiger partial charge on any atom is 0.0845 e. The summed E-state index contributed by atoms with van der Waals surface area (Å²) >= 11 is 0. The van der Waals surface area contributed by atoms with E-state index in [9.17, 15) is 0 Å². The maximum atomic E-state index is 4.23. The highest BCUT2D eigenvalue weighted by Crippen LogP contribution is 2.17. The van der Waals surface area contributed by atoms with E-state index >= 15 is 0 Å². The highest BCUT2D eigenvalue weighted by Gasteiger charge is 2.13. The molecule has 0 fully saturated rings. The minimum atomic E-state index is 0.258. The largest absolute Gasteiger partial charge is 0.310 e. The van der Waals surface area contributed by atoms with Crippen LogP contribution in [0, 0.1) is 6.92 Å². The smallest absolute Gasteiger partial charge is 0.0845 e. The summed E-state index contributed by atoms with van der Waals surface area (Å²) < 4.78 is 1.73. The van der Waals surface area contributed by atoms with E-state index in [-0.39, 0.29) is 6.04 Å². The second-order valence-corrected chi connectivity index (χ2v) is 4.43. The quantitative estimate of drug-likeness (QED) is 0.865. The van der Waals surface area contributed by atoms with Gasteiger partial charge in [0.1, 0.15) is 0 Å². The second kappa shape index (κ2) is 5.73. The minimum absolute atomic E-state index is 0.258. The summed E-state index contributed by atoms with van der Waals surface area (Å²) in [5.74, 6) is 0. The SMILES string of the molecule is CCNC(Cc1cn(C)nn1)c1ccnc(C)c1. The molecule has 0 amide bonds. The minimum Gasteiger partial charge on any atom is -0.310 e. The van der Waals surface area contributed by atoms with Gasteiger partial charge in [0.15, 0.2) is 0 Å². The fourth-order valence-electron chi connectivity index (χ4n) is 2.04. The number of nitrogens with zero attached hydrogens (tertiary/aromatic N) is 4. The molecule has 1 atom stereocenters. The Labute approximate surface area is 107 Å².